The Labute approximate surface area is 248 Å². The zero-order chi connectivity index (χ0) is 28.6. The Morgan fingerprint density at radius 2 is 1.73 bits per heavy atom. The van der Waals surface area contributed by atoms with E-state index < -0.39 is 11.7 Å². The van der Waals surface area contributed by atoms with Gasteiger partial charge in [0.05, 0.1) is 5.56 Å². The molecule has 2 atom stereocenters. The Morgan fingerprint density at radius 3 is 2.25 bits per heavy atom. The van der Waals surface area contributed by atoms with Crippen LogP contribution in [0.2, 0.25) is 0 Å². The number of rotatable bonds is 10. The molecule has 2 fully saturated rings. The SMILES string of the molecule is CCCC1(CC)CC1c1ccc(C(F)(F)F)cc1.CCCCSc1nnc(C2CCC(NC(C)=O)CC2)n1C.Cl. The molecule has 0 aliphatic heterocycles. The summed E-state index contributed by atoms with van der Waals surface area (Å²) in [5.74, 6) is 3.23. The average Bonchev–Trinajstić information content (AvgIpc) is 3.51. The maximum absolute atomic E-state index is 12.5. The third kappa shape index (κ3) is 9.13. The molecule has 0 radical (unpaired) electrons. The molecule has 2 aliphatic rings. The number of halogens is 4. The van der Waals surface area contributed by atoms with Crippen molar-refractivity contribution in [3.8, 4) is 0 Å². The number of aromatic nitrogens is 3. The van der Waals surface area contributed by atoms with Gasteiger partial charge in [-0.05, 0) is 80.4 Å². The molecule has 1 heterocycles. The number of carbonyl (C=O) groups excluding carboxylic acids is 1. The molecule has 40 heavy (non-hydrogen) atoms. The van der Waals surface area contributed by atoms with E-state index in [0.29, 0.717) is 23.3 Å². The van der Waals surface area contributed by atoms with E-state index in [4.69, 9.17) is 0 Å². The van der Waals surface area contributed by atoms with Crippen molar-refractivity contribution < 1.29 is 18.0 Å². The molecule has 226 valence electrons. The van der Waals surface area contributed by atoms with Crippen molar-refractivity contribution in [2.45, 2.75) is 121 Å². The first-order valence-corrected chi connectivity index (χ1v) is 15.5. The number of hydrogen-bond donors (Lipinski definition) is 1. The fraction of sp³-hybridized carbons (Fsp3) is 0.700. The summed E-state index contributed by atoms with van der Waals surface area (Å²) in [7, 11) is 2.07. The second-order valence-electron chi connectivity index (χ2n) is 11.2. The molecular formula is C30H46ClF3N4OS. The fourth-order valence-corrected chi connectivity index (χ4v) is 6.96. The van der Waals surface area contributed by atoms with Gasteiger partial charge in [-0.3, -0.25) is 4.79 Å². The molecular weight excluding hydrogens is 557 g/mol. The van der Waals surface area contributed by atoms with Gasteiger partial charge in [0.2, 0.25) is 5.91 Å². The van der Waals surface area contributed by atoms with Crippen molar-refractivity contribution in [3.63, 3.8) is 0 Å². The summed E-state index contributed by atoms with van der Waals surface area (Å²) in [5, 5.41) is 12.8. The van der Waals surface area contributed by atoms with Crippen LogP contribution >= 0.6 is 24.2 Å². The van der Waals surface area contributed by atoms with Crippen LogP contribution in [0.25, 0.3) is 0 Å². The molecule has 2 aliphatic carbocycles. The number of nitrogens with one attached hydrogen (secondary N) is 1. The lowest BCUT2D eigenvalue weighted by Crippen LogP contribution is -2.36. The lowest BCUT2D eigenvalue weighted by molar-refractivity contribution is -0.137. The van der Waals surface area contributed by atoms with Gasteiger partial charge in [-0.15, -0.1) is 22.6 Å². The highest BCUT2D eigenvalue weighted by Crippen LogP contribution is 2.64. The predicted molar refractivity (Wildman–Crippen MR) is 159 cm³/mol. The summed E-state index contributed by atoms with van der Waals surface area (Å²) < 4.78 is 39.6. The zero-order valence-corrected chi connectivity index (χ0v) is 26.2. The minimum absolute atomic E-state index is 0. The van der Waals surface area contributed by atoms with Crippen molar-refractivity contribution in [2.75, 3.05) is 5.75 Å². The molecule has 1 N–H and O–H groups in total. The Hall–Kier alpha value is -1.74. The van der Waals surface area contributed by atoms with E-state index in [-0.39, 0.29) is 18.3 Å². The van der Waals surface area contributed by atoms with Gasteiger partial charge >= 0.3 is 6.18 Å². The van der Waals surface area contributed by atoms with Crippen molar-refractivity contribution in [1.82, 2.24) is 20.1 Å². The number of carbonyl (C=O) groups is 1. The van der Waals surface area contributed by atoms with Crippen LogP contribution in [0.4, 0.5) is 13.2 Å². The van der Waals surface area contributed by atoms with E-state index in [1.54, 1.807) is 30.8 Å². The third-order valence-electron chi connectivity index (χ3n) is 8.38. The molecule has 2 unspecified atom stereocenters. The highest BCUT2D eigenvalue weighted by Gasteiger charge is 2.52. The minimum atomic E-state index is -4.23. The number of alkyl halides is 3. The number of unbranched alkanes of at least 4 members (excludes halogenated alkanes) is 1. The summed E-state index contributed by atoms with van der Waals surface area (Å²) in [6, 6.07) is 6.06. The predicted octanol–water partition coefficient (Wildman–Crippen LogP) is 8.68. The monoisotopic (exact) mass is 602 g/mol. The van der Waals surface area contributed by atoms with E-state index in [2.05, 4.69) is 47.9 Å². The summed E-state index contributed by atoms with van der Waals surface area (Å²) in [6.45, 7) is 8.14. The number of thioether (sulfide) groups is 1. The normalized spacial score (nSPS) is 23.9. The Morgan fingerprint density at radius 1 is 1.07 bits per heavy atom. The van der Waals surface area contributed by atoms with Gasteiger partial charge in [0.15, 0.2) is 5.16 Å². The number of amides is 1. The molecule has 0 spiro atoms. The Balaban J connectivity index is 0.000000276. The van der Waals surface area contributed by atoms with Gasteiger partial charge in [0.25, 0.3) is 0 Å². The molecule has 0 bridgehead atoms. The van der Waals surface area contributed by atoms with E-state index in [1.165, 1.54) is 31.4 Å². The first-order chi connectivity index (χ1) is 18.5. The van der Waals surface area contributed by atoms with Crippen LogP contribution in [0.15, 0.2) is 29.4 Å². The van der Waals surface area contributed by atoms with Crippen molar-refractivity contribution in [1.29, 1.82) is 0 Å². The number of benzene rings is 1. The lowest BCUT2D eigenvalue weighted by Gasteiger charge is -2.28. The van der Waals surface area contributed by atoms with Gasteiger partial charge in [-0.1, -0.05) is 57.5 Å². The van der Waals surface area contributed by atoms with Gasteiger partial charge in [-0.2, -0.15) is 13.2 Å². The lowest BCUT2D eigenvalue weighted by atomic mass is 9.85. The second-order valence-corrected chi connectivity index (χ2v) is 12.3. The van der Waals surface area contributed by atoms with E-state index >= 15 is 0 Å². The summed E-state index contributed by atoms with van der Waals surface area (Å²) in [5.41, 5.74) is 0.872. The molecule has 5 nitrogen and oxygen atoms in total. The van der Waals surface area contributed by atoms with Crippen LogP contribution in [0.5, 0.6) is 0 Å². The highest BCUT2D eigenvalue weighted by atomic mass is 35.5. The minimum Gasteiger partial charge on any atom is -0.354 e. The molecule has 10 heteroatoms. The first kappa shape index (κ1) is 34.5. The van der Waals surface area contributed by atoms with Crippen LogP contribution in [-0.4, -0.2) is 32.5 Å². The molecule has 4 rings (SSSR count). The first-order valence-electron chi connectivity index (χ1n) is 14.5. The van der Waals surface area contributed by atoms with Crippen molar-refractivity contribution in [3.05, 3.63) is 41.2 Å². The van der Waals surface area contributed by atoms with Crippen LogP contribution in [0.3, 0.4) is 0 Å². The number of nitrogens with zero attached hydrogens (tertiary/aromatic N) is 3. The molecule has 1 amide bonds. The summed E-state index contributed by atoms with van der Waals surface area (Å²) >= 11 is 1.80. The van der Waals surface area contributed by atoms with Crippen LogP contribution in [-0.2, 0) is 18.0 Å². The maximum Gasteiger partial charge on any atom is 0.416 e. The van der Waals surface area contributed by atoms with Gasteiger partial charge < -0.3 is 9.88 Å². The number of hydrogen-bond acceptors (Lipinski definition) is 4. The van der Waals surface area contributed by atoms with Gasteiger partial charge in [-0.25, -0.2) is 0 Å². The Bertz CT molecular complexity index is 1050. The van der Waals surface area contributed by atoms with Crippen LogP contribution in [0, 0.1) is 5.41 Å². The largest absolute Gasteiger partial charge is 0.416 e. The van der Waals surface area contributed by atoms with Crippen LogP contribution < -0.4 is 5.32 Å². The maximum atomic E-state index is 12.5. The zero-order valence-electron chi connectivity index (χ0n) is 24.5. The second kappa shape index (κ2) is 15.5. The Kier molecular flexibility index (Phi) is 13.3. The average molecular weight is 603 g/mol. The highest BCUT2D eigenvalue weighted by molar-refractivity contribution is 7.99. The quantitative estimate of drug-likeness (QED) is 0.218. The standard InChI is InChI=1S/C15H19F3.C15H26N4OS.ClH/c1-3-9-14(4-2)10-13(14)11-5-7-12(8-6-11)15(16,17)18;1-4-5-10-21-15-18-17-14(19(15)3)12-6-8-13(9-7-12)16-11(2)20;/h5-8,13H,3-4,9-10H2,1-2H3;12-13H,4-10H2,1-3H3,(H,16,20);1H. The van der Waals surface area contributed by atoms with Gasteiger partial charge in [0, 0.05) is 31.7 Å². The smallest absolute Gasteiger partial charge is 0.354 e. The molecule has 2 aromatic rings. The summed E-state index contributed by atoms with van der Waals surface area (Å²) in [6.07, 6.45) is 7.00. The molecule has 0 saturated heterocycles. The molecule has 2 saturated carbocycles. The molecule has 1 aromatic heterocycles. The third-order valence-corrected chi connectivity index (χ3v) is 9.49. The van der Waals surface area contributed by atoms with E-state index in [9.17, 15) is 18.0 Å². The molecule has 1 aromatic carbocycles. The topological polar surface area (TPSA) is 59.8 Å². The van der Waals surface area contributed by atoms with Crippen molar-refractivity contribution >= 4 is 30.1 Å². The van der Waals surface area contributed by atoms with E-state index in [1.807, 2.05) is 0 Å². The fourth-order valence-electron chi connectivity index (χ4n) is 5.96. The van der Waals surface area contributed by atoms with Crippen molar-refractivity contribution in [2.24, 2.45) is 12.5 Å². The van der Waals surface area contributed by atoms with Gasteiger partial charge in [0.1, 0.15) is 5.82 Å². The van der Waals surface area contributed by atoms with Crippen LogP contribution in [0.1, 0.15) is 121 Å². The summed E-state index contributed by atoms with van der Waals surface area (Å²) in [4.78, 5) is 11.1. The van der Waals surface area contributed by atoms with E-state index in [0.717, 1.165) is 67.2 Å².